The molecule has 19 heavy (non-hydrogen) atoms. The Morgan fingerprint density at radius 2 is 2.05 bits per heavy atom. The Morgan fingerprint density at radius 3 is 2.63 bits per heavy atom. The van der Waals surface area contributed by atoms with E-state index in [0.29, 0.717) is 4.34 Å². The summed E-state index contributed by atoms with van der Waals surface area (Å²) in [6, 6.07) is 8.27. The number of halogens is 4. The van der Waals surface area contributed by atoms with Gasteiger partial charge in [-0.25, -0.2) is 0 Å². The van der Waals surface area contributed by atoms with E-state index in [0.717, 1.165) is 20.9 Å². The third kappa shape index (κ3) is 3.86. The maximum atomic E-state index is 6.29. The van der Waals surface area contributed by atoms with Crippen molar-refractivity contribution in [3.05, 3.63) is 52.1 Å². The van der Waals surface area contributed by atoms with Gasteiger partial charge in [0.15, 0.2) is 0 Å². The zero-order chi connectivity index (χ0) is 14.0. The number of hydrogen-bond acceptors (Lipinski definition) is 2. The van der Waals surface area contributed by atoms with Crippen LogP contribution in [0.25, 0.3) is 0 Å². The second-order valence-corrected chi connectivity index (χ2v) is 8.32. The van der Waals surface area contributed by atoms with E-state index < -0.39 is 0 Å². The van der Waals surface area contributed by atoms with E-state index in [2.05, 4.69) is 69.0 Å². The van der Waals surface area contributed by atoms with Gasteiger partial charge in [0.25, 0.3) is 0 Å². The van der Waals surface area contributed by atoms with Crippen LogP contribution in [-0.4, -0.2) is 6.54 Å². The minimum atomic E-state index is 0.0466. The minimum absolute atomic E-state index is 0.0466. The molecule has 0 saturated heterocycles. The summed E-state index contributed by atoms with van der Waals surface area (Å²) in [4.78, 5) is 0. The first kappa shape index (κ1) is 16.0. The average molecular weight is 491 g/mol. The predicted molar refractivity (Wildman–Crippen MR) is 96.7 cm³/mol. The van der Waals surface area contributed by atoms with Gasteiger partial charge in [-0.15, -0.1) is 11.3 Å². The molecule has 0 fully saturated rings. The fourth-order valence-corrected chi connectivity index (χ4v) is 4.40. The molecule has 102 valence electrons. The second kappa shape index (κ2) is 7.09. The topological polar surface area (TPSA) is 12.0 Å². The maximum absolute atomic E-state index is 6.29. The van der Waals surface area contributed by atoms with Crippen LogP contribution in [0.4, 0.5) is 0 Å². The molecule has 0 amide bonds. The highest BCUT2D eigenvalue weighted by atomic mass is 127. The molecule has 0 aliphatic carbocycles. The Labute approximate surface area is 149 Å². The van der Waals surface area contributed by atoms with Gasteiger partial charge in [-0.3, -0.25) is 0 Å². The molecule has 0 spiro atoms. The van der Waals surface area contributed by atoms with Gasteiger partial charge in [-0.05, 0) is 59.0 Å². The van der Waals surface area contributed by atoms with E-state index >= 15 is 0 Å². The summed E-state index contributed by atoms with van der Waals surface area (Å²) in [6.07, 6.45) is 0. The van der Waals surface area contributed by atoms with E-state index in [1.54, 1.807) is 0 Å². The molecule has 1 unspecified atom stereocenters. The van der Waals surface area contributed by atoms with E-state index in [-0.39, 0.29) is 6.04 Å². The quantitative estimate of drug-likeness (QED) is 0.509. The van der Waals surface area contributed by atoms with Crippen molar-refractivity contribution in [3.8, 4) is 0 Å². The predicted octanol–water partition coefficient (Wildman–Crippen LogP) is 6.12. The summed E-state index contributed by atoms with van der Waals surface area (Å²) in [5.74, 6) is 0. The summed E-state index contributed by atoms with van der Waals surface area (Å²) in [7, 11) is 0. The molecular formula is C13H11BrCl2INS. The van der Waals surface area contributed by atoms with Crippen molar-refractivity contribution in [1.29, 1.82) is 0 Å². The summed E-state index contributed by atoms with van der Waals surface area (Å²) in [6.45, 7) is 2.93. The van der Waals surface area contributed by atoms with Crippen LogP contribution < -0.4 is 5.32 Å². The van der Waals surface area contributed by atoms with Crippen LogP contribution in [0.15, 0.2) is 28.7 Å². The molecule has 1 atom stereocenters. The summed E-state index contributed by atoms with van der Waals surface area (Å²) in [5, 5.41) is 3.47. The van der Waals surface area contributed by atoms with Crippen molar-refractivity contribution in [2.24, 2.45) is 0 Å². The molecular weight excluding hydrogens is 480 g/mol. The van der Waals surface area contributed by atoms with E-state index in [1.165, 1.54) is 20.5 Å². The van der Waals surface area contributed by atoms with Crippen LogP contribution in [0.2, 0.25) is 8.67 Å². The molecule has 1 nitrogen and oxygen atoms in total. The number of thiophene rings is 1. The summed E-state index contributed by atoms with van der Waals surface area (Å²) < 4.78 is 3.71. The molecule has 2 aromatic rings. The highest BCUT2D eigenvalue weighted by Gasteiger charge is 2.21. The molecule has 0 aliphatic rings. The van der Waals surface area contributed by atoms with Gasteiger partial charge in [-0.2, -0.15) is 0 Å². The molecule has 0 aliphatic heterocycles. The SMILES string of the molecule is CCNC(c1cc(I)ccc1Br)c1cc(Cl)sc1Cl. The van der Waals surface area contributed by atoms with E-state index in [9.17, 15) is 0 Å². The van der Waals surface area contributed by atoms with Crippen LogP contribution in [0, 0.1) is 3.57 Å². The number of rotatable bonds is 4. The third-order valence-electron chi connectivity index (χ3n) is 2.67. The Kier molecular flexibility index (Phi) is 5.99. The normalized spacial score (nSPS) is 12.7. The Morgan fingerprint density at radius 1 is 1.32 bits per heavy atom. The smallest absolute Gasteiger partial charge is 0.0995 e. The zero-order valence-electron chi connectivity index (χ0n) is 10.0. The number of nitrogens with one attached hydrogen (secondary N) is 1. The lowest BCUT2D eigenvalue weighted by atomic mass is 10.0. The maximum Gasteiger partial charge on any atom is 0.0995 e. The van der Waals surface area contributed by atoms with Gasteiger partial charge >= 0.3 is 0 Å². The Hall–Kier alpha value is 0.670. The number of hydrogen-bond donors (Lipinski definition) is 1. The van der Waals surface area contributed by atoms with Gasteiger partial charge in [-0.1, -0.05) is 46.1 Å². The molecule has 1 aromatic heterocycles. The van der Waals surface area contributed by atoms with Crippen LogP contribution >= 0.6 is 73.1 Å². The lowest BCUT2D eigenvalue weighted by molar-refractivity contribution is 0.630. The molecule has 1 heterocycles. The molecule has 2 rings (SSSR count). The van der Waals surface area contributed by atoms with Crippen molar-refractivity contribution in [2.45, 2.75) is 13.0 Å². The molecule has 1 N–H and O–H groups in total. The van der Waals surface area contributed by atoms with Crippen molar-refractivity contribution >= 4 is 73.1 Å². The fourth-order valence-electron chi connectivity index (χ4n) is 1.88. The van der Waals surface area contributed by atoms with E-state index in [1.807, 2.05) is 6.07 Å². The van der Waals surface area contributed by atoms with Crippen molar-refractivity contribution in [3.63, 3.8) is 0 Å². The second-order valence-electron chi connectivity index (χ2n) is 3.94. The summed E-state index contributed by atoms with van der Waals surface area (Å²) >= 11 is 19.7. The average Bonchev–Trinajstić information content (AvgIpc) is 2.69. The van der Waals surface area contributed by atoms with E-state index in [4.69, 9.17) is 23.2 Å². The highest BCUT2D eigenvalue weighted by molar-refractivity contribution is 14.1. The first-order chi connectivity index (χ1) is 9.02. The molecule has 0 radical (unpaired) electrons. The van der Waals surface area contributed by atoms with Crippen LogP contribution in [0.5, 0.6) is 0 Å². The molecule has 1 aromatic carbocycles. The van der Waals surface area contributed by atoms with Gasteiger partial charge in [0.1, 0.15) is 0 Å². The van der Waals surface area contributed by atoms with Gasteiger partial charge in [0.05, 0.1) is 14.7 Å². The van der Waals surface area contributed by atoms with Gasteiger partial charge in [0.2, 0.25) is 0 Å². The van der Waals surface area contributed by atoms with Crippen LogP contribution in [0.3, 0.4) is 0 Å². The monoisotopic (exact) mass is 489 g/mol. The minimum Gasteiger partial charge on any atom is -0.306 e. The van der Waals surface area contributed by atoms with Gasteiger partial charge < -0.3 is 5.32 Å². The van der Waals surface area contributed by atoms with Crippen molar-refractivity contribution in [1.82, 2.24) is 5.32 Å². The van der Waals surface area contributed by atoms with Crippen LogP contribution in [-0.2, 0) is 0 Å². The molecule has 0 saturated carbocycles. The first-order valence-corrected chi connectivity index (χ1v) is 9.10. The largest absolute Gasteiger partial charge is 0.306 e. The number of benzene rings is 1. The Balaban J connectivity index is 2.51. The fraction of sp³-hybridized carbons (Fsp3) is 0.231. The highest BCUT2D eigenvalue weighted by Crippen LogP contribution is 2.39. The molecule has 6 heteroatoms. The lowest BCUT2D eigenvalue weighted by Crippen LogP contribution is -2.22. The Bertz CT molecular complexity index is 588. The zero-order valence-corrected chi connectivity index (χ0v) is 16.1. The van der Waals surface area contributed by atoms with Crippen LogP contribution in [0.1, 0.15) is 24.1 Å². The lowest BCUT2D eigenvalue weighted by Gasteiger charge is -2.20. The third-order valence-corrected chi connectivity index (χ3v) is 5.58. The van der Waals surface area contributed by atoms with Gasteiger partial charge in [0, 0.05) is 13.6 Å². The first-order valence-electron chi connectivity index (χ1n) is 5.66. The molecule has 0 bridgehead atoms. The summed E-state index contributed by atoms with van der Waals surface area (Å²) in [5.41, 5.74) is 2.20. The van der Waals surface area contributed by atoms with Crippen molar-refractivity contribution in [2.75, 3.05) is 6.54 Å². The van der Waals surface area contributed by atoms with Crippen molar-refractivity contribution < 1.29 is 0 Å². The standard InChI is InChI=1S/C13H11BrCl2INS/c1-2-18-12(9-6-11(15)19-13(9)16)8-5-7(17)3-4-10(8)14/h3-6,12,18H,2H2,1H3.